The normalized spacial score (nSPS) is 33.2. The number of nitrogens with two attached hydrogens (primary N) is 1. The van der Waals surface area contributed by atoms with Crippen molar-refractivity contribution in [2.24, 2.45) is 11.8 Å². The number of hydrogen-bond acceptors (Lipinski definition) is 5. The predicted octanol–water partition coefficient (Wildman–Crippen LogP) is 0.309. The van der Waals surface area contributed by atoms with Gasteiger partial charge in [-0.2, -0.15) is 0 Å². The first-order valence-corrected chi connectivity index (χ1v) is 8.75. The lowest BCUT2D eigenvalue weighted by atomic mass is 9.81. The fraction of sp³-hybridized carbons (Fsp3) is 0.562. The Bertz CT molecular complexity index is 645. The van der Waals surface area contributed by atoms with E-state index in [4.69, 9.17) is 4.74 Å². The zero-order valence-corrected chi connectivity index (χ0v) is 14.3. The molecule has 2 N–H and O–H groups in total. The number of carbonyl (C=O) groups is 3. The van der Waals surface area contributed by atoms with Gasteiger partial charge in [0.15, 0.2) is 0 Å². The first kappa shape index (κ1) is 16.1. The number of fused-ring (bicyclic) bond motifs is 1. The number of amides is 2. The minimum atomic E-state index is -1.06. The molecular formula is C16H21N2O4S+. The van der Waals surface area contributed by atoms with Crippen molar-refractivity contribution in [2.75, 3.05) is 13.2 Å². The summed E-state index contributed by atoms with van der Waals surface area (Å²) in [5.74, 6) is -2.02. The monoisotopic (exact) mass is 337 g/mol. The summed E-state index contributed by atoms with van der Waals surface area (Å²) in [5.41, 5.74) is -1.06. The van der Waals surface area contributed by atoms with Crippen molar-refractivity contribution >= 4 is 29.1 Å². The van der Waals surface area contributed by atoms with Gasteiger partial charge in [0.2, 0.25) is 17.4 Å². The summed E-state index contributed by atoms with van der Waals surface area (Å²) < 4.78 is 5.21. The van der Waals surface area contributed by atoms with Crippen LogP contribution in [0.15, 0.2) is 17.5 Å². The highest BCUT2D eigenvalue weighted by atomic mass is 32.1. The molecule has 2 saturated heterocycles. The quantitative estimate of drug-likeness (QED) is 0.633. The molecule has 0 aromatic carbocycles. The molecule has 124 valence electrons. The Hall–Kier alpha value is -1.73. The zero-order chi connectivity index (χ0) is 16.8. The van der Waals surface area contributed by atoms with Gasteiger partial charge in [-0.25, -0.2) is 4.79 Å². The van der Waals surface area contributed by atoms with E-state index in [0.717, 1.165) is 4.88 Å². The smallest absolute Gasteiger partial charge is 0.368 e. The summed E-state index contributed by atoms with van der Waals surface area (Å²) in [5, 5.41) is 3.80. The van der Waals surface area contributed by atoms with Crippen molar-refractivity contribution in [3.8, 4) is 0 Å². The lowest BCUT2D eigenvalue weighted by Gasteiger charge is -2.25. The average molecular weight is 337 g/mol. The van der Waals surface area contributed by atoms with Crippen molar-refractivity contribution in [3.05, 3.63) is 22.4 Å². The fourth-order valence-electron chi connectivity index (χ4n) is 3.86. The topological polar surface area (TPSA) is 80.3 Å². The predicted molar refractivity (Wildman–Crippen MR) is 83.4 cm³/mol. The Balaban J connectivity index is 2.06. The Morgan fingerprint density at radius 1 is 1.39 bits per heavy atom. The number of rotatable bonds is 4. The molecule has 6 nitrogen and oxygen atoms in total. The van der Waals surface area contributed by atoms with E-state index in [9.17, 15) is 14.4 Å². The van der Waals surface area contributed by atoms with Crippen molar-refractivity contribution in [3.63, 3.8) is 0 Å². The number of quaternary nitrogens is 1. The number of hydrogen-bond donors (Lipinski definition) is 1. The number of imide groups is 1. The lowest BCUT2D eigenvalue weighted by molar-refractivity contribution is -0.730. The summed E-state index contributed by atoms with van der Waals surface area (Å²) in [7, 11) is 0. The Morgan fingerprint density at radius 3 is 2.70 bits per heavy atom. The second-order valence-electron chi connectivity index (χ2n) is 6.14. The number of carbonyl (C=O) groups excluding carboxylic acids is 3. The Labute approximate surface area is 138 Å². The first-order chi connectivity index (χ1) is 11.0. The second kappa shape index (κ2) is 5.72. The van der Waals surface area contributed by atoms with Crippen molar-refractivity contribution < 1.29 is 24.4 Å². The van der Waals surface area contributed by atoms with Crippen LogP contribution >= 0.6 is 11.3 Å². The molecule has 3 rings (SSSR count). The van der Waals surface area contributed by atoms with Crippen molar-refractivity contribution in [1.29, 1.82) is 0 Å². The minimum absolute atomic E-state index is 0.176. The third-order valence-corrected chi connectivity index (χ3v) is 5.88. The van der Waals surface area contributed by atoms with Crippen LogP contribution in [0.5, 0.6) is 0 Å². The highest BCUT2D eigenvalue weighted by Crippen LogP contribution is 2.45. The van der Waals surface area contributed by atoms with E-state index in [0.29, 0.717) is 6.54 Å². The van der Waals surface area contributed by atoms with E-state index in [1.54, 1.807) is 32.1 Å². The third kappa shape index (κ3) is 2.21. The van der Waals surface area contributed by atoms with E-state index in [2.05, 4.69) is 0 Å². The third-order valence-electron chi connectivity index (χ3n) is 4.90. The maximum atomic E-state index is 12.7. The van der Waals surface area contributed by atoms with Crippen LogP contribution in [0.2, 0.25) is 0 Å². The fourth-order valence-corrected chi connectivity index (χ4v) is 4.70. The van der Waals surface area contributed by atoms with Gasteiger partial charge in [0.25, 0.3) is 0 Å². The standard InChI is InChI=1S/C16H20N2O4S/c1-4-18-13(19)10-11(14(18)20)16(3,15(21)22-5-2)17-12(10)9-7-6-8-23-9/h6-8,10-12,17H,4-5H2,1-3H3/p+1/t10-,11-,12-,16+/m0/s1. The number of thiophene rings is 1. The summed E-state index contributed by atoms with van der Waals surface area (Å²) in [6.07, 6.45) is 0. The molecule has 23 heavy (non-hydrogen) atoms. The van der Waals surface area contributed by atoms with Crippen LogP contribution in [0.25, 0.3) is 0 Å². The van der Waals surface area contributed by atoms with Gasteiger partial charge in [0, 0.05) is 13.5 Å². The molecule has 7 heteroatoms. The van der Waals surface area contributed by atoms with E-state index in [-0.39, 0.29) is 24.5 Å². The van der Waals surface area contributed by atoms with Crippen LogP contribution in [-0.2, 0) is 19.1 Å². The molecular weight excluding hydrogens is 316 g/mol. The summed E-state index contributed by atoms with van der Waals surface area (Å²) in [4.78, 5) is 40.3. The Kier molecular flexibility index (Phi) is 4.01. The largest absolute Gasteiger partial charge is 0.461 e. The second-order valence-corrected chi connectivity index (χ2v) is 7.11. The maximum absolute atomic E-state index is 12.7. The van der Waals surface area contributed by atoms with Gasteiger partial charge in [0.1, 0.15) is 17.9 Å². The van der Waals surface area contributed by atoms with E-state index >= 15 is 0 Å². The highest BCUT2D eigenvalue weighted by molar-refractivity contribution is 7.10. The van der Waals surface area contributed by atoms with Crippen LogP contribution in [0.4, 0.5) is 0 Å². The van der Waals surface area contributed by atoms with Gasteiger partial charge < -0.3 is 10.1 Å². The molecule has 3 heterocycles. The molecule has 1 aromatic rings. The van der Waals surface area contributed by atoms with Crippen LogP contribution < -0.4 is 5.32 Å². The molecule has 0 saturated carbocycles. The molecule has 0 unspecified atom stereocenters. The van der Waals surface area contributed by atoms with Gasteiger partial charge >= 0.3 is 5.97 Å². The van der Waals surface area contributed by atoms with Gasteiger partial charge in [-0.15, -0.1) is 11.3 Å². The van der Waals surface area contributed by atoms with Crippen molar-refractivity contribution in [1.82, 2.24) is 4.90 Å². The lowest BCUT2D eigenvalue weighted by Crippen LogP contribution is -2.97. The molecule has 2 fully saturated rings. The van der Waals surface area contributed by atoms with Crippen LogP contribution in [0.3, 0.4) is 0 Å². The van der Waals surface area contributed by atoms with E-state index in [1.165, 1.54) is 4.90 Å². The average Bonchev–Trinajstić information content (AvgIpc) is 3.18. The first-order valence-electron chi connectivity index (χ1n) is 7.87. The number of nitrogens with zero attached hydrogens (tertiary/aromatic N) is 1. The molecule has 0 bridgehead atoms. The highest BCUT2D eigenvalue weighted by Gasteiger charge is 2.70. The maximum Gasteiger partial charge on any atom is 0.368 e. The SMILES string of the molecule is CCOC(=O)[C@]1(C)[NH2+][C@@H](c2cccs2)[C@H]2C(=O)N(CC)C(=O)[C@H]21. The molecule has 2 amide bonds. The van der Waals surface area contributed by atoms with Gasteiger partial charge in [0.05, 0.1) is 11.5 Å². The summed E-state index contributed by atoms with van der Waals surface area (Å²) in [6, 6.07) is 3.65. The summed E-state index contributed by atoms with van der Waals surface area (Å²) in [6.45, 7) is 5.83. The van der Waals surface area contributed by atoms with Crippen LogP contribution in [-0.4, -0.2) is 41.4 Å². The summed E-state index contributed by atoms with van der Waals surface area (Å²) >= 11 is 1.54. The molecule has 0 spiro atoms. The zero-order valence-electron chi connectivity index (χ0n) is 13.4. The molecule has 0 radical (unpaired) electrons. The molecule has 1 aromatic heterocycles. The van der Waals surface area contributed by atoms with Gasteiger partial charge in [-0.05, 0) is 25.3 Å². The molecule has 2 aliphatic heterocycles. The van der Waals surface area contributed by atoms with Gasteiger partial charge in [-0.3, -0.25) is 14.5 Å². The van der Waals surface area contributed by atoms with Crippen LogP contribution in [0, 0.1) is 11.8 Å². The number of esters is 1. The minimum Gasteiger partial charge on any atom is -0.461 e. The molecule has 2 aliphatic rings. The van der Waals surface area contributed by atoms with Gasteiger partial charge in [-0.1, -0.05) is 6.07 Å². The molecule has 4 atom stereocenters. The Morgan fingerprint density at radius 2 is 2.13 bits per heavy atom. The number of likely N-dealkylation sites (tertiary alicyclic amines) is 1. The number of ether oxygens (including phenoxy) is 1. The van der Waals surface area contributed by atoms with Crippen LogP contribution in [0.1, 0.15) is 31.7 Å². The van der Waals surface area contributed by atoms with Crippen molar-refractivity contribution in [2.45, 2.75) is 32.4 Å². The molecule has 0 aliphatic carbocycles. The van der Waals surface area contributed by atoms with E-state index in [1.807, 2.05) is 22.8 Å². The van der Waals surface area contributed by atoms with E-state index < -0.39 is 23.3 Å².